The summed E-state index contributed by atoms with van der Waals surface area (Å²) in [5, 5.41) is 3.73. The molecule has 2 fully saturated rings. The van der Waals surface area contributed by atoms with Crippen molar-refractivity contribution in [3.05, 3.63) is 35.9 Å². The van der Waals surface area contributed by atoms with Gasteiger partial charge in [-0.25, -0.2) is 0 Å². The normalized spacial score (nSPS) is 28.2. The molecule has 1 saturated carbocycles. The Morgan fingerprint density at radius 1 is 1.11 bits per heavy atom. The Hall–Kier alpha value is -0.860. The van der Waals surface area contributed by atoms with Crippen molar-refractivity contribution in [1.29, 1.82) is 0 Å². The van der Waals surface area contributed by atoms with Crippen molar-refractivity contribution in [3.8, 4) is 0 Å². The van der Waals surface area contributed by atoms with Gasteiger partial charge < -0.3 is 5.32 Å². The maximum absolute atomic E-state index is 3.73. The largest absolute Gasteiger partial charge is 0.309 e. The molecular formula is C17H26N2. The Labute approximate surface area is 117 Å². The van der Waals surface area contributed by atoms with Gasteiger partial charge in [0, 0.05) is 18.1 Å². The average molecular weight is 258 g/mol. The molecule has 0 amide bonds. The van der Waals surface area contributed by atoms with E-state index >= 15 is 0 Å². The number of rotatable bonds is 2. The van der Waals surface area contributed by atoms with Gasteiger partial charge in [-0.05, 0) is 44.8 Å². The summed E-state index contributed by atoms with van der Waals surface area (Å²) in [6.07, 6.45) is 6.87. The molecule has 1 aromatic carbocycles. The third-order valence-electron chi connectivity index (χ3n) is 5.04. The minimum Gasteiger partial charge on any atom is -0.309 e. The van der Waals surface area contributed by atoms with Gasteiger partial charge in [0.2, 0.25) is 0 Å². The molecule has 0 bridgehead atoms. The first-order valence-corrected chi connectivity index (χ1v) is 7.81. The maximum atomic E-state index is 3.73. The fourth-order valence-electron chi connectivity index (χ4n) is 3.77. The fourth-order valence-corrected chi connectivity index (χ4v) is 3.77. The van der Waals surface area contributed by atoms with E-state index in [4.69, 9.17) is 0 Å². The smallest absolute Gasteiger partial charge is 0.0449 e. The number of hydrogen-bond acceptors (Lipinski definition) is 2. The number of benzene rings is 1. The second-order valence-electron chi connectivity index (χ2n) is 6.42. The summed E-state index contributed by atoms with van der Waals surface area (Å²) in [4.78, 5) is 2.76. The molecule has 1 aromatic rings. The predicted molar refractivity (Wildman–Crippen MR) is 80.2 cm³/mol. The Morgan fingerprint density at radius 3 is 2.58 bits per heavy atom. The van der Waals surface area contributed by atoms with Crippen LogP contribution in [0.25, 0.3) is 0 Å². The van der Waals surface area contributed by atoms with E-state index in [-0.39, 0.29) is 0 Å². The molecule has 1 unspecified atom stereocenters. The number of nitrogens with one attached hydrogen (secondary N) is 1. The standard InChI is InChI=1S/C17H26N2/c1-17(10-5-6-11-17)19-13-7-12-18-16(14-19)15-8-3-2-4-9-15/h2-4,8-9,16,18H,5-7,10-14H2,1H3. The second-order valence-corrected chi connectivity index (χ2v) is 6.42. The van der Waals surface area contributed by atoms with Crippen molar-refractivity contribution in [3.63, 3.8) is 0 Å². The zero-order valence-corrected chi connectivity index (χ0v) is 12.1. The second kappa shape index (κ2) is 5.64. The maximum Gasteiger partial charge on any atom is 0.0449 e. The van der Waals surface area contributed by atoms with E-state index in [2.05, 4.69) is 47.5 Å². The summed E-state index contributed by atoms with van der Waals surface area (Å²) in [5.74, 6) is 0. The molecule has 1 N–H and O–H groups in total. The first kappa shape index (κ1) is 13.1. The summed E-state index contributed by atoms with van der Waals surface area (Å²) in [7, 11) is 0. The van der Waals surface area contributed by atoms with Crippen LogP contribution < -0.4 is 5.32 Å². The molecule has 1 atom stereocenters. The molecule has 104 valence electrons. The highest BCUT2D eigenvalue weighted by Crippen LogP contribution is 2.36. The van der Waals surface area contributed by atoms with Crippen molar-refractivity contribution < 1.29 is 0 Å². The molecule has 1 heterocycles. The van der Waals surface area contributed by atoms with Crippen LogP contribution in [0, 0.1) is 0 Å². The Morgan fingerprint density at radius 2 is 1.84 bits per heavy atom. The monoisotopic (exact) mass is 258 g/mol. The Kier molecular flexibility index (Phi) is 3.90. The molecule has 1 aliphatic heterocycles. The lowest BCUT2D eigenvalue weighted by atomic mass is 9.96. The van der Waals surface area contributed by atoms with Gasteiger partial charge in [-0.1, -0.05) is 43.2 Å². The molecule has 0 radical (unpaired) electrons. The predicted octanol–water partition coefficient (Wildman–Crippen LogP) is 3.36. The lowest BCUT2D eigenvalue weighted by molar-refractivity contribution is 0.107. The summed E-state index contributed by atoms with van der Waals surface area (Å²) in [5.41, 5.74) is 1.90. The van der Waals surface area contributed by atoms with Crippen LogP contribution in [0.3, 0.4) is 0 Å². The van der Waals surface area contributed by atoms with Gasteiger partial charge in [-0.15, -0.1) is 0 Å². The van der Waals surface area contributed by atoms with Crippen molar-refractivity contribution in [2.24, 2.45) is 0 Å². The first-order valence-electron chi connectivity index (χ1n) is 7.81. The topological polar surface area (TPSA) is 15.3 Å². The van der Waals surface area contributed by atoms with Crippen LogP contribution in [-0.4, -0.2) is 30.1 Å². The van der Waals surface area contributed by atoms with Gasteiger partial charge in [0.25, 0.3) is 0 Å². The SMILES string of the molecule is CC1(N2CCCNC(c3ccccc3)C2)CCCC1. The van der Waals surface area contributed by atoms with E-state index in [1.165, 1.54) is 50.8 Å². The minimum absolute atomic E-state index is 0.457. The zero-order valence-electron chi connectivity index (χ0n) is 12.1. The highest BCUT2D eigenvalue weighted by molar-refractivity contribution is 5.19. The highest BCUT2D eigenvalue weighted by Gasteiger charge is 2.36. The molecule has 3 rings (SSSR count). The molecule has 19 heavy (non-hydrogen) atoms. The lowest BCUT2D eigenvalue weighted by Gasteiger charge is -2.39. The molecule has 1 aliphatic carbocycles. The van der Waals surface area contributed by atoms with Gasteiger partial charge in [0.1, 0.15) is 0 Å². The molecule has 2 nitrogen and oxygen atoms in total. The van der Waals surface area contributed by atoms with Gasteiger partial charge in [0.05, 0.1) is 0 Å². The van der Waals surface area contributed by atoms with E-state index < -0.39 is 0 Å². The van der Waals surface area contributed by atoms with Crippen LogP contribution >= 0.6 is 0 Å². The van der Waals surface area contributed by atoms with Crippen LogP contribution in [0.1, 0.15) is 50.6 Å². The van der Waals surface area contributed by atoms with Gasteiger partial charge in [-0.3, -0.25) is 4.90 Å². The molecule has 2 aliphatic rings. The van der Waals surface area contributed by atoms with Crippen LogP contribution in [0.5, 0.6) is 0 Å². The van der Waals surface area contributed by atoms with E-state index in [0.717, 1.165) is 6.54 Å². The quantitative estimate of drug-likeness (QED) is 0.875. The van der Waals surface area contributed by atoms with Crippen LogP contribution in [0.2, 0.25) is 0 Å². The van der Waals surface area contributed by atoms with Gasteiger partial charge in [0.15, 0.2) is 0 Å². The third kappa shape index (κ3) is 2.85. The van der Waals surface area contributed by atoms with Crippen molar-refractivity contribution in [2.45, 2.75) is 50.6 Å². The van der Waals surface area contributed by atoms with Crippen molar-refractivity contribution in [1.82, 2.24) is 10.2 Å². The van der Waals surface area contributed by atoms with Crippen LogP contribution in [-0.2, 0) is 0 Å². The minimum atomic E-state index is 0.457. The van der Waals surface area contributed by atoms with Crippen LogP contribution in [0.4, 0.5) is 0 Å². The summed E-state index contributed by atoms with van der Waals surface area (Å²) in [6, 6.07) is 11.4. The number of nitrogens with zero attached hydrogens (tertiary/aromatic N) is 1. The van der Waals surface area contributed by atoms with Crippen molar-refractivity contribution >= 4 is 0 Å². The van der Waals surface area contributed by atoms with E-state index in [1.54, 1.807) is 0 Å². The molecule has 1 saturated heterocycles. The first-order chi connectivity index (χ1) is 9.28. The Bertz CT molecular complexity index is 395. The summed E-state index contributed by atoms with van der Waals surface area (Å²) in [6.45, 7) is 6.05. The van der Waals surface area contributed by atoms with E-state index in [1.807, 2.05) is 0 Å². The lowest BCUT2D eigenvalue weighted by Crippen LogP contribution is -2.46. The molecule has 0 aromatic heterocycles. The summed E-state index contributed by atoms with van der Waals surface area (Å²) >= 11 is 0. The van der Waals surface area contributed by atoms with Gasteiger partial charge in [-0.2, -0.15) is 0 Å². The zero-order chi connectivity index (χ0) is 13.1. The van der Waals surface area contributed by atoms with Gasteiger partial charge >= 0.3 is 0 Å². The summed E-state index contributed by atoms with van der Waals surface area (Å²) < 4.78 is 0. The Balaban J connectivity index is 1.76. The molecule has 2 heteroatoms. The highest BCUT2D eigenvalue weighted by atomic mass is 15.2. The fraction of sp³-hybridized carbons (Fsp3) is 0.647. The molecular weight excluding hydrogens is 232 g/mol. The van der Waals surface area contributed by atoms with Crippen LogP contribution in [0.15, 0.2) is 30.3 Å². The third-order valence-corrected chi connectivity index (χ3v) is 5.04. The molecule has 0 spiro atoms. The average Bonchev–Trinajstić information content (AvgIpc) is 2.75. The van der Waals surface area contributed by atoms with E-state index in [0.29, 0.717) is 11.6 Å². The number of hydrogen-bond donors (Lipinski definition) is 1. The van der Waals surface area contributed by atoms with E-state index in [9.17, 15) is 0 Å². The van der Waals surface area contributed by atoms with Crippen molar-refractivity contribution in [2.75, 3.05) is 19.6 Å².